The Morgan fingerprint density at radius 3 is 2.11 bits per heavy atom. The zero-order valence-electron chi connectivity index (χ0n) is 15.0. The fraction of sp³-hybridized carbons (Fsp3) is 0.579. The minimum atomic E-state index is -4.38. The van der Waals surface area contributed by atoms with Crippen molar-refractivity contribution in [1.29, 1.82) is 0 Å². The molecule has 0 aliphatic carbocycles. The molecule has 0 atom stereocenters. The predicted molar refractivity (Wildman–Crippen MR) is 91.9 cm³/mol. The second-order valence-electron chi connectivity index (χ2n) is 6.96. The van der Waals surface area contributed by atoms with E-state index in [2.05, 4.69) is 0 Å². The zero-order chi connectivity index (χ0) is 19.4. The highest BCUT2D eigenvalue weighted by Crippen LogP contribution is 2.29. The lowest BCUT2D eigenvalue weighted by Gasteiger charge is -2.35. The van der Waals surface area contributed by atoms with Crippen molar-refractivity contribution in [2.24, 2.45) is 5.92 Å². The number of rotatable bonds is 3. The number of ether oxygens (including phenoxy) is 1. The minimum Gasteiger partial charge on any atom is -0.378 e. The fourth-order valence-corrected chi connectivity index (χ4v) is 3.52. The molecule has 2 fully saturated rings. The van der Waals surface area contributed by atoms with Crippen LogP contribution in [0.1, 0.15) is 24.0 Å². The normalized spacial score (nSPS) is 19.2. The maximum absolute atomic E-state index is 12.6. The van der Waals surface area contributed by atoms with Crippen LogP contribution in [0.25, 0.3) is 0 Å². The topological polar surface area (TPSA) is 49.9 Å². The van der Waals surface area contributed by atoms with Gasteiger partial charge in [-0.05, 0) is 30.5 Å². The maximum Gasteiger partial charge on any atom is 0.416 e. The summed E-state index contributed by atoms with van der Waals surface area (Å²) in [6, 6.07) is 4.68. The Morgan fingerprint density at radius 2 is 1.56 bits per heavy atom. The first-order valence-corrected chi connectivity index (χ1v) is 9.15. The Balaban J connectivity index is 1.49. The lowest BCUT2D eigenvalue weighted by Crippen LogP contribution is -2.47. The summed E-state index contributed by atoms with van der Waals surface area (Å²) in [5, 5.41) is 0. The van der Waals surface area contributed by atoms with Gasteiger partial charge in [0.1, 0.15) is 0 Å². The van der Waals surface area contributed by atoms with Crippen molar-refractivity contribution < 1.29 is 27.5 Å². The van der Waals surface area contributed by atoms with E-state index >= 15 is 0 Å². The molecule has 2 saturated heterocycles. The number of alkyl halides is 3. The molecule has 3 rings (SSSR count). The molecule has 27 heavy (non-hydrogen) atoms. The van der Waals surface area contributed by atoms with E-state index in [-0.39, 0.29) is 24.2 Å². The third-order valence-electron chi connectivity index (χ3n) is 5.16. The van der Waals surface area contributed by atoms with Crippen molar-refractivity contribution >= 4 is 11.8 Å². The van der Waals surface area contributed by atoms with Crippen molar-refractivity contribution in [2.75, 3.05) is 39.4 Å². The smallest absolute Gasteiger partial charge is 0.378 e. The third kappa shape index (κ3) is 5.00. The standard InChI is InChI=1S/C19H23F3N2O3/c20-19(21,22)16-3-1-14(2-4-16)13-17(25)23-7-5-15(6-8-23)18(26)24-9-11-27-12-10-24/h1-4,15H,5-13H2. The number of likely N-dealkylation sites (tertiary alicyclic amines) is 1. The van der Waals surface area contributed by atoms with Crippen LogP contribution < -0.4 is 0 Å². The third-order valence-corrected chi connectivity index (χ3v) is 5.16. The van der Waals surface area contributed by atoms with Gasteiger partial charge in [-0.1, -0.05) is 12.1 Å². The highest BCUT2D eigenvalue weighted by molar-refractivity contribution is 5.81. The van der Waals surface area contributed by atoms with E-state index in [0.29, 0.717) is 57.8 Å². The van der Waals surface area contributed by atoms with Crippen LogP contribution in [0.15, 0.2) is 24.3 Å². The molecule has 2 heterocycles. The molecule has 0 aromatic heterocycles. The molecule has 0 spiro atoms. The predicted octanol–water partition coefficient (Wildman–Crippen LogP) is 2.35. The van der Waals surface area contributed by atoms with Crippen LogP contribution in [0.3, 0.4) is 0 Å². The molecule has 1 aromatic carbocycles. The molecule has 5 nitrogen and oxygen atoms in total. The van der Waals surface area contributed by atoms with Gasteiger partial charge in [-0.25, -0.2) is 0 Å². The molecule has 1 aromatic rings. The molecule has 0 saturated carbocycles. The Bertz CT molecular complexity index is 662. The largest absolute Gasteiger partial charge is 0.416 e. The molecule has 148 valence electrons. The number of morpholine rings is 1. The first-order valence-electron chi connectivity index (χ1n) is 9.15. The van der Waals surface area contributed by atoms with Crippen molar-refractivity contribution in [3.63, 3.8) is 0 Å². The van der Waals surface area contributed by atoms with Crippen molar-refractivity contribution in [2.45, 2.75) is 25.4 Å². The van der Waals surface area contributed by atoms with Gasteiger partial charge in [0.2, 0.25) is 11.8 Å². The number of hydrogen-bond donors (Lipinski definition) is 0. The van der Waals surface area contributed by atoms with E-state index in [9.17, 15) is 22.8 Å². The first kappa shape index (κ1) is 19.7. The number of nitrogens with zero attached hydrogens (tertiary/aromatic N) is 2. The van der Waals surface area contributed by atoms with Crippen LogP contribution in [-0.4, -0.2) is 61.0 Å². The molecular formula is C19H23F3N2O3. The number of amides is 2. The van der Waals surface area contributed by atoms with E-state index < -0.39 is 11.7 Å². The van der Waals surface area contributed by atoms with Gasteiger partial charge in [0.25, 0.3) is 0 Å². The molecule has 0 unspecified atom stereocenters. The monoisotopic (exact) mass is 384 g/mol. The zero-order valence-corrected chi connectivity index (χ0v) is 15.0. The van der Waals surface area contributed by atoms with E-state index in [4.69, 9.17) is 4.74 Å². The SMILES string of the molecule is O=C(Cc1ccc(C(F)(F)F)cc1)N1CCC(C(=O)N2CCOCC2)CC1. The van der Waals surface area contributed by atoms with E-state index in [1.54, 1.807) is 4.90 Å². The van der Waals surface area contributed by atoms with Gasteiger partial charge in [-0.2, -0.15) is 13.2 Å². The lowest BCUT2D eigenvalue weighted by molar-refractivity contribution is -0.143. The molecule has 8 heteroatoms. The Labute approximate surface area is 156 Å². The number of piperidine rings is 1. The minimum absolute atomic E-state index is 0.0697. The Kier molecular flexibility index (Phi) is 6.04. The summed E-state index contributed by atoms with van der Waals surface area (Å²) in [4.78, 5) is 28.5. The van der Waals surface area contributed by atoms with Gasteiger partial charge in [0.15, 0.2) is 0 Å². The number of hydrogen-bond acceptors (Lipinski definition) is 3. The second-order valence-corrected chi connectivity index (χ2v) is 6.96. The summed E-state index contributed by atoms with van der Waals surface area (Å²) in [6.45, 7) is 3.37. The van der Waals surface area contributed by atoms with Crippen LogP contribution in [0, 0.1) is 5.92 Å². The van der Waals surface area contributed by atoms with Gasteiger partial charge < -0.3 is 14.5 Å². The molecule has 0 bridgehead atoms. The molecular weight excluding hydrogens is 361 g/mol. The summed E-state index contributed by atoms with van der Waals surface area (Å²) in [5.74, 6) is -0.0570. The average Bonchev–Trinajstić information content (AvgIpc) is 2.68. The van der Waals surface area contributed by atoms with Gasteiger partial charge in [-0.15, -0.1) is 0 Å². The number of carbonyl (C=O) groups excluding carboxylic acids is 2. The average molecular weight is 384 g/mol. The summed E-state index contributed by atoms with van der Waals surface area (Å²) < 4.78 is 43.0. The highest BCUT2D eigenvalue weighted by atomic mass is 19.4. The molecule has 2 aliphatic rings. The summed E-state index contributed by atoms with van der Waals surface area (Å²) in [5.41, 5.74) is -0.166. The molecule has 0 radical (unpaired) electrons. The van der Waals surface area contributed by atoms with Crippen LogP contribution in [0.4, 0.5) is 13.2 Å². The van der Waals surface area contributed by atoms with Crippen LogP contribution >= 0.6 is 0 Å². The molecule has 2 aliphatic heterocycles. The first-order chi connectivity index (χ1) is 12.8. The van der Waals surface area contributed by atoms with Gasteiger partial charge in [0, 0.05) is 32.1 Å². The Morgan fingerprint density at radius 1 is 0.963 bits per heavy atom. The van der Waals surface area contributed by atoms with Gasteiger partial charge >= 0.3 is 6.18 Å². The molecule has 2 amide bonds. The van der Waals surface area contributed by atoms with Gasteiger partial charge in [-0.3, -0.25) is 9.59 Å². The number of benzene rings is 1. The fourth-order valence-electron chi connectivity index (χ4n) is 3.52. The van der Waals surface area contributed by atoms with Crippen molar-refractivity contribution in [3.8, 4) is 0 Å². The summed E-state index contributed by atoms with van der Waals surface area (Å²) in [6.07, 6.45) is -3.07. The summed E-state index contributed by atoms with van der Waals surface area (Å²) in [7, 11) is 0. The van der Waals surface area contributed by atoms with Crippen LogP contribution in [0.5, 0.6) is 0 Å². The van der Waals surface area contributed by atoms with E-state index in [0.717, 1.165) is 12.1 Å². The lowest BCUT2D eigenvalue weighted by atomic mass is 9.94. The molecule has 0 N–H and O–H groups in total. The number of carbonyl (C=O) groups is 2. The van der Waals surface area contributed by atoms with Crippen molar-refractivity contribution in [1.82, 2.24) is 9.80 Å². The highest BCUT2D eigenvalue weighted by Gasteiger charge is 2.32. The second kappa shape index (κ2) is 8.29. The Hall–Kier alpha value is -2.09. The maximum atomic E-state index is 12.6. The van der Waals surface area contributed by atoms with E-state index in [1.807, 2.05) is 4.90 Å². The van der Waals surface area contributed by atoms with Crippen LogP contribution in [0.2, 0.25) is 0 Å². The van der Waals surface area contributed by atoms with E-state index in [1.165, 1.54) is 12.1 Å². The quantitative estimate of drug-likeness (QED) is 0.804. The van der Waals surface area contributed by atoms with Crippen molar-refractivity contribution in [3.05, 3.63) is 35.4 Å². The van der Waals surface area contributed by atoms with Gasteiger partial charge in [0.05, 0.1) is 25.2 Å². The number of halogens is 3. The summed E-state index contributed by atoms with van der Waals surface area (Å²) >= 11 is 0. The van der Waals surface area contributed by atoms with Crippen LogP contribution in [-0.2, 0) is 26.9 Å².